The van der Waals surface area contributed by atoms with E-state index in [2.05, 4.69) is 20.9 Å². The van der Waals surface area contributed by atoms with Crippen molar-refractivity contribution < 1.29 is 4.74 Å². The summed E-state index contributed by atoms with van der Waals surface area (Å²) in [7, 11) is 1.93. The monoisotopic (exact) mass is 266 g/mol. The molecule has 15 heavy (non-hydrogen) atoms. The fourth-order valence-corrected chi connectivity index (χ4v) is 1.44. The van der Waals surface area contributed by atoms with Crippen molar-refractivity contribution in [1.29, 1.82) is 0 Å². The van der Waals surface area contributed by atoms with Crippen LogP contribution in [0.3, 0.4) is 0 Å². The summed E-state index contributed by atoms with van der Waals surface area (Å²) in [5, 5.41) is 0. The van der Waals surface area contributed by atoms with Crippen molar-refractivity contribution in [3.05, 3.63) is 40.6 Å². The van der Waals surface area contributed by atoms with Crippen LogP contribution in [0.1, 0.15) is 5.69 Å². The summed E-state index contributed by atoms with van der Waals surface area (Å²) in [6, 6.07) is 8.27. The number of aromatic nitrogens is 2. The maximum Gasteiger partial charge on any atom is 0.301 e. The standard InChI is InChI=1S/C11H11BrN2O/c1-8-7-13-11(14(8)2)15-10-5-3-9(12)4-6-10/h3-7H,1-2H3. The molecular weight excluding hydrogens is 256 g/mol. The number of nitrogens with zero attached hydrogens (tertiary/aromatic N) is 2. The zero-order chi connectivity index (χ0) is 10.8. The Hall–Kier alpha value is -1.29. The molecule has 0 spiro atoms. The van der Waals surface area contributed by atoms with E-state index in [1.807, 2.05) is 42.8 Å². The first kappa shape index (κ1) is 10.2. The summed E-state index contributed by atoms with van der Waals surface area (Å²) in [5.74, 6) is 0.784. The first-order valence-corrected chi connectivity index (χ1v) is 5.38. The van der Waals surface area contributed by atoms with Crippen LogP contribution in [-0.2, 0) is 7.05 Å². The van der Waals surface area contributed by atoms with Gasteiger partial charge in [0.1, 0.15) is 5.75 Å². The molecule has 0 unspecified atom stereocenters. The quantitative estimate of drug-likeness (QED) is 0.834. The average Bonchev–Trinajstić information content (AvgIpc) is 2.53. The van der Waals surface area contributed by atoms with E-state index in [4.69, 9.17) is 4.74 Å². The fourth-order valence-electron chi connectivity index (χ4n) is 1.18. The average molecular weight is 267 g/mol. The van der Waals surface area contributed by atoms with Crippen LogP contribution in [0.25, 0.3) is 0 Å². The van der Waals surface area contributed by atoms with Gasteiger partial charge in [-0.1, -0.05) is 15.9 Å². The van der Waals surface area contributed by atoms with Gasteiger partial charge >= 0.3 is 6.01 Å². The van der Waals surface area contributed by atoms with E-state index >= 15 is 0 Å². The maximum absolute atomic E-state index is 5.62. The Bertz CT molecular complexity index is 462. The van der Waals surface area contributed by atoms with Crippen LogP contribution in [-0.4, -0.2) is 9.55 Å². The molecule has 0 saturated carbocycles. The highest BCUT2D eigenvalue weighted by Gasteiger charge is 2.04. The van der Waals surface area contributed by atoms with E-state index in [-0.39, 0.29) is 0 Å². The van der Waals surface area contributed by atoms with Gasteiger partial charge in [0.25, 0.3) is 0 Å². The number of ether oxygens (including phenoxy) is 1. The molecule has 0 atom stereocenters. The van der Waals surface area contributed by atoms with E-state index in [0.717, 1.165) is 15.9 Å². The molecular formula is C11H11BrN2O. The van der Waals surface area contributed by atoms with Gasteiger partial charge in [0.15, 0.2) is 0 Å². The van der Waals surface area contributed by atoms with Gasteiger partial charge in [-0.15, -0.1) is 0 Å². The summed E-state index contributed by atoms with van der Waals surface area (Å²) in [6.07, 6.45) is 1.79. The van der Waals surface area contributed by atoms with Crippen LogP contribution in [0.4, 0.5) is 0 Å². The van der Waals surface area contributed by atoms with Crippen molar-refractivity contribution in [3.8, 4) is 11.8 Å². The van der Waals surface area contributed by atoms with E-state index in [0.29, 0.717) is 6.01 Å². The Balaban J connectivity index is 2.22. The third-order valence-corrected chi connectivity index (χ3v) is 2.73. The topological polar surface area (TPSA) is 27.1 Å². The van der Waals surface area contributed by atoms with Gasteiger partial charge in [0.2, 0.25) is 0 Å². The molecule has 1 heterocycles. The number of rotatable bonds is 2. The van der Waals surface area contributed by atoms with Crippen LogP contribution >= 0.6 is 15.9 Å². The Labute approximate surface area is 96.8 Å². The van der Waals surface area contributed by atoms with Crippen molar-refractivity contribution in [1.82, 2.24) is 9.55 Å². The van der Waals surface area contributed by atoms with E-state index in [1.165, 1.54) is 0 Å². The number of hydrogen-bond donors (Lipinski definition) is 0. The minimum absolute atomic E-state index is 0.606. The molecule has 0 aliphatic carbocycles. The van der Waals surface area contributed by atoms with Crippen molar-refractivity contribution in [3.63, 3.8) is 0 Å². The molecule has 78 valence electrons. The molecule has 0 radical (unpaired) electrons. The highest BCUT2D eigenvalue weighted by molar-refractivity contribution is 9.10. The Kier molecular flexibility index (Phi) is 2.77. The van der Waals surface area contributed by atoms with E-state index < -0.39 is 0 Å². The van der Waals surface area contributed by atoms with Gasteiger partial charge in [-0.3, -0.25) is 0 Å². The van der Waals surface area contributed by atoms with Crippen molar-refractivity contribution >= 4 is 15.9 Å². The third-order valence-electron chi connectivity index (χ3n) is 2.20. The maximum atomic E-state index is 5.62. The molecule has 0 amide bonds. The molecule has 3 nitrogen and oxygen atoms in total. The second-order valence-corrected chi connectivity index (χ2v) is 4.21. The summed E-state index contributed by atoms with van der Waals surface area (Å²) in [6.45, 7) is 1.99. The number of imidazole rings is 1. The van der Waals surface area contributed by atoms with E-state index in [9.17, 15) is 0 Å². The molecule has 0 fully saturated rings. The molecule has 4 heteroatoms. The third kappa shape index (κ3) is 2.21. The van der Waals surface area contributed by atoms with Crippen LogP contribution in [0, 0.1) is 6.92 Å². The fraction of sp³-hybridized carbons (Fsp3) is 0.182. The zero-order valence-corrected chi connectivity index (χ0v) is 10.2. The minimum atomic E-state index is 0.606. The van der Waals surface area contributed by atoms with Gasteiger partial charge < -0.3 is 9.30 Å². The molecule has 0 N–H and O–H groups in total. The molecule has 0 aliphatic heterocycles. The predicted molar refractivity (Wildman–Crippen MR) is 62.2 cm³/mol. The summed E-state index contributed by atoms with van der Waals surface area (Å²) in [4.78, 5) is 4.16. The molecule has 2 aromatic rings. The van der Waals surface area contributed by atoms with Crippen LogP contribution < -0.4 is 4.74 Å². The Morgan fingerprint density at radius 1 is 1.27 bits per heavy atom. The Morgan fingerprint density at radius 2 is 1.93 bits per heavy atom. The zero-order valence-electron chi connectivity index (χ0n) is 8.57. The van der Waals surface area contributed by atoms with E-state index in [1.54, 1.807) is 6.20 Å². The summed E-state index contributed by atoms with van der Waals surface area (Å²) < 4.78 is 8.55. The number of halogens is 1. The highest BCUT2D eigenvalue weighted by Crippen LogP contribution is 2.22. The normalized spacial score (nSPS) is 10.3. The van der Waals surface area contributed by atoms with Crippen LogP contribution in [0.15, 0.2) is 34.9 Å². The lowest BCUT2D eigenvalue weighted by Gasteiger charge is -2.05. The molecule has 2 rings (SSSR count). The van der Waals surface area contributed by atoms with Crippen LogP contribution in [0.2, 0.25) is 0 Å². The molecule has 0 bridgehead atoms. The van der Waals surface area contributed by atoms with Gasteiger partial charge in [-0.2, -0.15) is 0 Å². The lowest BCUT2D eigenvalue weighted by atomic mass is 10.3. The van der Waals surface area contributed by atoms with Gasteiger partial charge in [0.05, 0.1) is 6.20 Å². The summed E-state index contributed by atoms with van der Waals surface area (Å²) in [5.41, 5.74) is 1.07. The summed E-state index contributed by atoms with van der Waals surface area (Å²) >= 11 is 3.37. The van der Waals surface area contributed by atoms with Gasteiger partial charge in [-0.25, -0.2) is 4.98 Å². The second-order valence-electron chi connectivity index (χ2n) is 3.30. The largest absolute Gasteiger partial charge is 0.426 e. The molecule has 1 aromatic heterocycles. The number of benzene rings is 1. The first-order chi connectivity index (χ1) is 7.16. The highest BCUT2D eigenvalue weighted by atomic mass is 79.9. The van der Waals surface area contributed by atoms with Crippen molar-refractivity contribution in [2.24, 2.45) is 7.05 Å². The van der Waals surface area contributed by atoms with Gasteiger partial charge in [-0.05, 0) is 31.2 Å². The Morgan fingerprint density at radius 3 is 2.47 bits per heavy atom. The van der Waals surface area contributed by atoms with Crippen molar-refractivity contribution in [2.45, 2.75) is 6.92 Å². The van der Waals surface area contributed by atoms with Crippen molar-refractivity contribution in [2.75, 3.05) is 0 Å². The minimum Gasteiger partial charge on any atom is -0.426 e. The van der Waals surface area contributed by atoms with Gasteiger partial charge in [0, 0.05) is 17.2 Å². The molecule has 1 aromatic carbocycles. The molecule has 0 aliphatic rings. The first-order valence-electron chi connectivity index (χ1n) is 4.58. The predicted octanol–water partition coefficient (Wildman–Crippen LogP) is 3.28. The number of hydrogen-bond acceptors (Lipinski definition) is 2. The second kappa shape index (κ2) is 4.06. The molecule has 0 saturated heterocycles. The number of aryl methyl sites for hydroxylation is 1. The van der Waals surface area contributed by atoms with Crippen LogP contribution in [0.5, 0.6) is 11.8 Å². The lowest BCUT2D eigenvalue weighted by molar-refractivity contribution is 0.423. The SMILES string of the molecule is Cc1cnc(Oc2ccc(Br)cc2)n1C. The lowest BCUT2D eigenvalue weighted by Crippen LogP contribution is -1.95. The smallest absolute Gasteiger partial charge is 0.301 e.